The molecule has 2 rings (SSSR count). The fraction of sp³-hybridized carbons (Fsp3) is 0.333. The molecule has 0 amide bonds. The molecule has 4 nitrogen and oxygen atoms in total. The summed E-state index contributed by atoms with van der Waals surface area (Å²) in [5, 5.41) is 7.91. The molecule has 25 heavy (non-hydrogen) atoms. The van der Waals surface area contributed by atoms with Gasteiger partial charge in [-0.05, 0) is 48.2 Å². The highest BCUT2D eigenvalue weighted by atomic mass is 16.5. The van der Waals surface area contributed by atoms with Crippen LogP contribution in [0.2, 0.25) is 0 Å². The van der Waals surface area contributed by atoms with Crippen LogP contribution in [-0.4, -0.2) is 18.3 Å². The summed E-state index contributed by atoms with van der Waals surface area (Å²) in [6, 6.07) is 17.1. The lowest BCUT2D eigenvalue weighted by molar-refractivity contribution is -0.134. The van der Waals surface area contributed by atoms with Gasteiger partial charge in [0, 0.05) is 18.7 Å². The number of benzene rings is 2. The summed E-state index contributed by atoms with van der Waals surface area (Å²) in [7, 11) is 0. The van der Waals surface area contributed by atoms with E-state index in [0.29, 0.717) is 37.5 Å². The molecular weight excluding hydrogens is 314 g/mol. The van der Waals surface area contributed by atoms with E-state index in [9.17, 15) is 4.79 Å². The molecule has 0 unspecified atom stereocenters. The quantitative estimate of drug-likeness (QED) is 0.294. The maximum Gasteiger partial charge on any atom is 0.311 e. The molecule has 0 aliphatic rings. The lowest BCUT2D eigenvalue weighted by Gasteiger charge is -2.07. The van der Waals surface area contributed by atoms with E-state index in [0.717, 1.165) is 24.0 Å². The van der Waals surface area contributed by atoms with Crippen LogP contribution in [0.4, 0.5) is 0 Å². The molecule has 0 aliphatic carbocycles. The summed E-state index contributed by atoms with van der Waals surface area (Å²) >= 11 is 0. The van der Waals surface area contributed by atoms with Gasteiger partial charge in [-0.25, -0.2) is 0 Å². The molecule has 0 aromatic heterocycles. The van der Waals surface area contributed by atoms with Crippen molar-refractivity contribution in [1.29, 1.82) is 5.41 Å². The van der Waals surface area contributed by atoms with E-state index >= 15 is 0 Å². The zero-order chi connectivity index (χ0) is 17.9. The lowest BCUT2D eigenvalue weighted by atomic mass is 10.1. The van der Waals surface area contributed by atoms with Gasteiger partial charge in [0.05, 0.1) is 6.61 Å². The smallest absolute Gasteiger partial charge is 0.311 e. The summed E-state index contributed by atoms with van der Waals surface area (Å²) in [5.41, 5.74) is 2.60. The first kappa shape index (κ1) is 18.9. The molecule has 0 heterocycles. The number of carbonyl (C=O) groups is 1. The van der Waals surface area contributed by atoms with Gasteiger partial charge in [-0.2, -0.15) is 0 Å². The minimum atomic E-state index is -0.264. The predicted octanol–water partition coefficient (Wildman–Crippen LogP) is 4.76. The summed E-state index contributed by atoms with van der Waals surface area (Å²) in [4.78, 5) is 11.8. The molecule has 2 aromatic rings. The molecule has 0 spiro atoms. The van der Waals surface area contributed by atoms with Crippen molar-refractivity contribution in [3.63, 3.8) is 0 Å². The maximum absolute atomic E-state index is 11.8. The molecule has 4 heteroatoms. The Labute approximate surface area is 149 Å². The van der Waals surface area contributed by atoms with E-state index in [-0.39, 0.29) is 5.97 Å². The normalized spacial score (nSPS) is 10.4. The van der Waals surface area contributed by atoms with Crippen LogP contribution < -0.4 is 4.74 Å². The molecule has 0 bridgehead atoms. The zero-order valence-corrected chi connectivity index (χ0v) is 14.7. The minimum Gasteiger partial charge on any atom is -0.427 e. The van der Waals surface area contributed by atoms with Gasteiger partial charge in [0.2, 0.25) is 0 Å². The summed E-state index contributed by atoms with van der Waals surface area (Å²) in [5.74, 6) is 0.253. The second kappa shape index (κ2) is 10.4. The molecule has 132 valence electrons. The Bertz CT molecular complexity index is 665. The standard InChI is InChI=1S/C21H25NO3/c1-2-7-20(22)18-11-13-19(14-12-18)25-21(23)10-6-15-24-16-17-8-4-3-5-9-17/h3-5,8-9,11-14,22H,2,6-7,10,15-16H2,1H3. The highest BCUT2D eigenvalue weighted by Crippen LogP contribution is 2.15. The van der Waals surface area contributed by atoms with E-state index in [4.69, 9.17) is 14.9 Å². The van der Waals surface area contributed by atoms with Crippen molar-refractivity contribution in [3.05, 3.63) is 65.7 Å². The van der Waals surface area contributed by atoms with E-state index in [1.807, 2.05) is 49.4 Å². The van der Waals surface area contributed by atoms with Crippen molar-refractivity contribution >= 4 is 11.7 Å². The average Bonchev–Trinajstić information content (AvgIpc) is 2.63. The molecule has 0 saturated heterocycles. The topological polar surface area (TPSA) is 59.4 Å². The highest BCUT2D eigenvalue weighted by Gasteiger charge is 2.06. The summed E-state index contributed by atoms with van der Waals surface area (Å²) < 4.78 is 10.9. The van der Waals surface area contributed by atoms with Crippen LogP contribution >= 0.6 is 0 Å². The van der Waals surface area contributed by atoms with Gasteiger partial charge in [-0.3, -0.25) is 4.79 Å². The Morgan fingerprint density at radius 3 is 2.40 bits per heavy atom. The number of ether oxygens (including phenoxy) is 2. The van der Waals surface area contributed by atoms with E-state index < -0.39 is 0 Å². The zero-order valence-electron chi connectivity index (χ0n) is 14.7. The largest absolute Gasteiger partial charge is 0.427 e. The fourth-order valence-electron chi connectivity index (χ4n) is 2.38. The average molecular weight is 339 g/mol. The predicted molar refractivity (Wildman–Crippen MR) is 99.1 cm³/mol. The number of hydrogen-bond donors (Lipinski definition) is 1. The van der Waals surface area contributed by atoms with Gasteiger partial charge >= 0.3 is 5.97 Å². The van der Waals surface area contributed by atoms with Crippen molar-refractivity contribution in [3.8, 4) is 5.75 Å². The SMILES string of the molecule is CCCC(=N)c1ccc(OC(=O)CCCOCc2ccccc2)cc1. The molecular formula is C21H25NO3. The Morgan fingerprint density at radius 1 is 1.00 bits per heavy atom. The van der Waals surface area contributed by atoms with Gasteiger partial charge in [-0.1, -0.05) is 43.7 Å². The summed E-state index contributed by atoms with van der Waals surface area (Å²) in [6.07, 6.45) is 2.65. The number of esters is 1. The van der Waals surface area contributed by atoms with Gasteiger partial charge in [-0.15, -0.1) is 0 Å². The fourth-order valence-corrected chi connectivity index (χ4v) is 2.38. The minimum absolute atomic E-state index is 0.264. The van der Waals surface area contributed by atoms with Crippen molar-refractivity contribution in [2.45, 2.75) is 39.2 Å². The van der Waals surface area contributed by atoms with Crippen LogP contribution in [-0.2, 0) is 16.1 Å². The Kier molecular flexibility index (Phi) is 7.86. The first-order valence-electron chi connectivity index (χ1n) is 8.69. The molecule has 0 saturated carbocycles. The maximum atomic E-state index is 11.8. The van der Waals surface area contributed by atoms with Crippen LogP contribution in [0, 0.1) is 5.41 Å². The first-order valence-corrected chi connectivity index (χ1v) is 8.69. The summed E-state index contributed by atoms with van der Waals surface area (Å²) in [6.45, 7) is 3.13. The molecule has 2 aromatic carbocycles. The van der Waals surface area contributed by atoms with Crippen molar-refractivity contribution in [1.82, 2.24) is 0 Å². The highest BCUT2D eigenvalue weighted by molar-refractivity contribution is 5.98. The van der Waals surface area contributed by atoms with Gasteiger partial charge in [0.15, 0.2) is 0 Å². The van der Waals surface area contributed by atoms with E-state index in [1.54, 1.807) is 12.1 Å². The molecule has 1 N–H and O–H groups in total. The second-order valence-corrected chi connectivity index (χ2v) is 5.87. The number of rotatable bonds is 10. The third-order valence-corrected chi connectivity index (χ3v) is 3.72. The number of carbonyl (C=O) groups excluding carboxylic acids is 1. The van der Waals surface area contributed by atoms with Crippen molar-refractivity contribution in [2.75, 3.05) is 6.61 Å². The number of nitrogens with one attached hydrogen (secondary N) is 1. The van der Waals surface area contributed by atoms with Crippen LogP contribution in [0.1, 0.15) is 43.7 Å². The van der Waals surface area contributed by atoms with Gasteiger partial charge in [0.25, 0.3) is 0 Å². The van der Waals surface area contributed by atoms with Gasteiger partial charge < -0.3 is 14.9 Å². The van der Waals surface area contributed by atoms with E-state index in [2.05, 4.69) is 0 Å². The lowest BCUT2D eigenvalue weighted by Crippen LogP contribution is -2.09. The molecule has 0 radical (unpaired) electrons. The van der Waals surface area contributed by atoms with Crippen molar-refractivity contribution in [2.24, 2.45) is 0 Å². The molecule has 0 atom stereocenters. The second-order valence-electron chi connectivity index (χ2n) is 5.87. The van der Waals surface area contributed by atoms with Crippen LogP contribution in [0.5, 0.6) is 5.75 Å². The molecule has 0 aliphatic heterocycles. The first-order chi connectivity index (χ1) is 12.2. The Hall–Kier alpha value is -2.46. The van der Waals surface area contributed by atoms with Crippen LogP contribution in [0.25, 0.3) is 0 Å². The van der Waals surface area contributed by atoms with E-state index in [1.165, 1.54) is 0 Å². The monoisotopic (exact) mass is 339 g/mol. The third-order valence-electron chi connectivity index (χ3n) is 3.72. The number of hydrogen-bond acceptors (Lipinski definition) is 4. The van der Waals surface area contributed by atoms with Crippen molar-refractivity contribution < 1.29 is 14.3 Å². The third kappa shape index (κ3) is 6.89. The molecule has 0 fully saturated rings. The van der Waals surface area contributed by atoms with Gasteiger partial charge in [0.1, 0.15) is 5.75 Å². The Balaban J connectivity index is 1.65. The Morgan fingerprint density at radius 2 is 1.72 bits per heavy atom. The van der Waals surface area contributed by atoms with Crippen LogP contribution in [0.3, 0.4) is 0 Å². The van der Waals surface area contributed by atoms with Crippen LogP contribution in [0.15, 0.2) is 54.6 Å².